The van der Waals surface area contributed by atoms with E-state index in [0.29, 0.717) is 18.3 Å². The zero-order valence-corrected chi connectivity index (χ0v) is 14.4. The lowest BCUT2D eigenvalue weighted by atomic mass is 10.1. The molecule has 0 bridgehead atoms. The lowest BCUT2D eigenvalue weighted by molar-refractivity contribution is 0.0497. The molecule has 5 heteroatoms. The molecule has 0 saturated carbocycles. The molecule has 0 amide bonds. The summed E-state index contributed by atoms with van der Waals surface area (Å²) in [7, 11) is -0.241. The Labute approximate surface area is 134 Å². The first-order chi connectivity index (χ1) is 10.7. The van der Waals surface area contributed by atoms with Gasteiger partial charge in [0.15, 0.2) is 0 Å². The van der Waals surface area contributed by atoms with E-state index in [2.05, 4.69) is 6.92 Å². The molecule has 0 heterocycles. The summed E-state index contributed by atoms with van der Waals surface area (Å²) in [4.78, 5) is 11.9. The predicted molar refractivity (Wildman–Crippen MR) is 88.4 cm³/mol. The summed E-state index contributed by atoms with van der Waals surface area (Å²) >= 11 is 0. The molecule has 0 radical (unpaired) electrons. The number of rotatable bonds is 11. The molecule has 1 unspecified atom stereocenters. The SMILES string of the molecule is CCCCCCCCOC(=O)c1ccc(C[P+](=O)OC)cc1. The van der Waals surface area contributed by atoms with Gasteiger partial charge in [-0.2, -0.15) is 0 Å². The van der Waals surface area contributed by atoms with Crippen molar-refractivity contribution in [3.05, 3.63) is 35.4 Å². The number of carbonyl (C=O) groups excluding carboxylic acids is 1. The van der Waals surface area contributed by atoms with Crippen LogP contribution in [0.3, 0.4) is 0 Å². The Balaban J connectivity index is 2.26. The number of hydrogen-bond acceptors (Lipinski definition) is 4. The average molecular weight is 325 g/mol. The predicted octanol–water partition coefficient (Wildman–Crippen LogP) is 5.09. The summed E-state index contributed by atoms with van der Waals surface area (Å²) in [5, 5.41) is 0. The molecular weight excluding hydrogens is 299 g/mol. The van der Waals surface area contributed by atoms with Crippen molar-refractivity contribution in [1.82, 2.24) is 0 Å². The van der Waals surface area contributed by atoms with Crippen molar-refractivity contribution in [2.24, 2.45) is 0 Å². The first-order valence-electron chi connectivity index (χ1n) is 7.92. The minimum atomic E-state index is -1.66. The van der Waals surface area contributed by atoms with Crippen molar-refractivity contribution in [2.45, 2.75) is 51.6 Å². The van der Waals surface area contributed by atoms with Crippen molar-refractivity contribution >= 4 is 14.0 Å². The smallest absolute Gasteiger partial charge is 0.462 e. The maximum absolute atomic E-state index is 11.9. The second kappa shape index (κ2) is 11.3. The third kappa shape index (κ3) is 7.67. The fraction of sp³-hybridized carbons (Fsp3) is 0.588. The molecule has 0 aliphatic rings. The van der Waals surface area contributed by atoms with E-state index in [-0.39, 0.29) is 5.97 Å². The summed E-state index contributed by atoms with van der Waals surface area (Å²) < 4.78 is 21.3. The van der Waals surface area contributed by atoms with Crippen LogP contribution in [0.1, 0.15) is 61.4 Å². The van der Waals surface area contributed by atoms with Crippen LogP contribution < -0.4 is 0 Å². The van der Waals surface area contributed by atoms with E-state index in [9.17, 15) is 9.36 Å². The van der Waals surface area contributed by atoms with Crippen LogP contribution in [0.2, 0.25) is 0 Å². The number of hydrogen-bond donors (Lipinski definition) is 0. The largest absolute Gasteiger partial charge is 0.512 e. The molecule has 1 atom stereocenters. The van der Waals surface area contributed by atoms with Crippen LogP contribution in [-0.4, -0.2) is 19.7 Å². The van der Waals surface area contributed by atoms with Gasteiger partial charge in [0.1, 0.15) is 0 Å². The summed E-state index contributed by atoms with van der Waals surface area (Å²) in [5.74, 6) is -0.295. The highest BCUT2D eigenvalue weighted by molar-refractivity contribution is 7.38. The summed E-state index contributed by atoms with van der Waals surface area (Å²) in [6.45, 7) is 2.67. The standard InChI is InChI=1S/C17H26O4P/c1-3-4-5-6-7-8-13-21-17(18)16-11-9-15(10-12-16)14-22(19)20-2/h9-12H,3-8,13-14H2,1-2H3/q+1. The Morgan fingerprint density at radius 1 is 1.05 bits per heavy atom. The van der Waals surface area contributed by atoms with Gasteiger partial charge in [-0.25, -0.2) is 4.79 Å². The molecule has 0 aromatic heterocycles. The van der Waals surface area contributed by atoms with Gasteiger partial charge in [-0.1, -0.05) is 51.2 Å². The molecule has 4 nitrogen and oxygen atoms in total. The summed E-state index contributed by atoms with van der Waals surface area (Å²) in [6, 6.07) is 6.98. The molecule has 22 heavy (non-hydrogen) atoms. The second-order valence-corrected chi connectivity index (χ2v) is 6.62. The van der Waals surface area contributed by atoms with Crippen LogP contribution in [0.5, 0.6) is 0 Å². The molecule has 0 aliphatic carbocycles. The normalized spacial score (nSPS) is 11.3. The highest BCUT2D eigenvalue weighted by Gasteiger charge is 2.16. The first kappa shape index (κ1) is 18.8. The third-order valence-electron chi connectivity index (χ3n) is 3.44. The molecule has 1 aromatic carbocycles. The molecule has 0 fully saturated rings. The van der Waals surface area contributed by atoms with E-state index in [4.69, 9.17) is 9.26 Å². The Morgan fingerprint density at radius 2 is 1.68 bits per heavy atom. The molecule has 1 rings (SSSR count). The zero-order valence-electron chi connectivity index (χ0n) is 13.5. The van der Waals surface area contributed by atoms with Gasteiger partial charge in [0, 0.05) is 5.56 Å². The minimum Gasteiger partial charge on any atom is -0.462 e. The van der Waals surface area contributed by atoms with Gasteiger partial charge in [0.05, 0.1) is 19.3 Å². The van der Waals surface area contributed by atoms with Crippen LogP contribution in [0, 0.1) is 0 Å². The fourth-order valence-corrected chi connectivity index (χ4v) is 2.73. The van der Waals surface area contributed by atoms with Gasteiger partial charge in [0.25, 0.3) is 0 Å². The van der Waals surface area contributed by atoms with Gasteiger partial charge in [-0.3, -0.25) is 0 Å². The minimum absolute atomic E-state index is 0.295. The zero-order chi connectivity index (χ0) is 16.2. The van der Waals surface area contributed by atoms with Crippen LogP contribution in [0.15, 0.2) is 24.3 Å². The third-order valence-corrected chi connectivity index (χ3v) is 4.47. The van der Waals surface area contributed by atoms with E-state index in [1.165, 1.54) is 32.8 Å². The average Bonchev–Trinajstić information content (AvgIpc) is 2.54. The van der Waals surface area contributed by atoms with E-state index < -0.39 is 8.03 Å². The second-order valence-electron chi connectivity index (χ2n) is 5.27. The highest BCUT2D eigenvalue weighted by atomic mass is 31.1. The fourth-order valence-electron chi connectivity index (χ4n) is 2.09. The number of carbonyl (C=O) groups is 1. The van der Waals surface area contributed by atoms with E-state index in [1.54, 1.807) is 24.3 Å². The molecule has 0 saturated heterocycles. The van der Waals surface area contributed by atoms with E-state index in [1.807, 2.05) is 0 Å². The van der Waals surface area contributed by atoms with Crippen LogP contribution in [0.4, 0.5) is 0 Å². The highest BCUT2D eigenvalue weighted by Crippen LogP contribution is 2.26. The molecular formula is C17H26O4P+. The van der Waals surface area contributed by atoms with Gasteiger partial charge >= 0.3 is 14.0 Å². The van der Waals surface area contributed by atoms with Crippen LogP contribution in [-0.2, 0) is 20.0 Å². The van der Waals surface area contributed by atoms with Crippen LogP contribution in [0.25, 0.3) is 0 Å². The van der Waals surface area contributed by atoms with Crippen molar-refractivity contribution in [2.75, 3.05) is 13.7 Å². The van der Waals surface area contributed by atoms with Gasteiger partial charge < -0.3 is 4.74 Å². The summed E-state index contributed by atoms with van der Waals surface area (Å²) in [5.41, 5.74) is 1.41. The quantitative estimate of drug-likeness (QED) is 0.323. The van der Waals surface area contributed by atoms with Crippen molar-refractivity contribution in [3.63, 3.8) is 0 Å². The van der Waals surface area contributed by atoms with Crippen molar-refractivity contribution in [1.29, 1.82) is 0 Å². The number of benzene rings is 1. The molecule has 0 aliphatic heterocycles. The number of esters is 1. The topological polar surface area (TPSA) is 52.6 Å². The summed E-state index contributed by atoms with van der Waals surface area (Å²) in [6.07, 6.45) is 7.37. The van der Waals surface area contributed by atoms with E-state index >= 15 is 0 Å². The molecule has 122 valence electrons. The van der Waals surface area contributed by atoms with Gasteiger partial charge in [0.2, 0.25) is 6.16 Å². The molecule has 0 spiro atoms. The Morgan fingerprint density at radius 3 is 2.32 bits per heavy atom. The van der Waals surface area contributed by atoms with Crippen molar-refractivity contribution < 1.29 is 18.6 Å². The van der Waals surface area contributed by atoms with Crippen LogP contribution >= 0.6 is 8.03 Å². The maximum atomic E-state index is 11.9. The molecule has 1 aromatic rings. The first-order valence-corrected chi connectivity index (χ1v) is 9.28. The Hall–Kier alpha value is -1.25. The number of ether oxygens (including phenoxy) is 1. The van der Waals surface area contributed by atoms with Gasteiger partial charge in [-0.15, -0.1) is 4.52 Å². The van der Waals surface area contributed by atoms with E-state index in [0.717, 1.165) is 18.4 Å². The maximum Gasteiger partial charge on any atom is 0.512 e. The monoisotopic (exact) mass is 325 g/mol. The molecule has 0 N–H and O–H groups in total. The van der Waals surface area contributed by atoms with Gasteiger partial charge in [-0.05, 0) is 23.1 Å². The Kier molecular flexibility index (Phi) is 9.69. The number of unbranched alkanes of at least 4 members (excludes halogenated alkanes) is 5. The van der Waals surface area contributed by atoms with Crippen molar-refractivity contribution in [3.8, 4) is 0 Å². The lowest BCUT2D eigenvalue weighted by Crippen LogP contribution is -2.06. The lowest BCUT2D eigenvalue weighted by Gasteiger charge is -2.05. The Bertz CT molecular complexity index is 456.